The van der Waals surface area contributed by atoms with E-state index in [1.165, 1.54) is 17.5 Å². The number of hydrogen-bond acceptors (Lipinski definition) is 2. The molecule has 0 spiro atoms. The number of carbonyl (C=O) groups excluding carboxylic acids is 1. The van der Waals surface area contributed by atoms with E-state index in [2.05, 4.69) is 50.4 Å². The first-order chi connectivity index (χ1) is 10.9. The third-order valence-corrected chi connectivity index (χ3v) is 5.73. The normalized spacial score (nSPS) is 37.0. The van der Waals surface area contributed by atoms with E-state index in [-0.39, 0.29) is 23.7 Å². The molecule has 0 bridgehead atoms. The zero-order valence-corrected chi connectivity index (χ0v) is 14.8. The summed E-state index contributed by atoms with van der Waals surface area (Å²) in [6.07, 6.45) is 4.64. The number of carbonyl (C=O) groups is 1. The van der Waals surface area contributed by atoms with Crippen molar-refractivity contribution in [3.05, 3.63) is 35.4 Å². The summed E-state index contributed by atoms with van der Waals surface area (Å²) >= 11 is 0. The first kappa shape index (κ1) is 16.5. The minimum absolute atomic E-state index is 0.0643. The Kier molecular flexibility index (Phi) is 4.50. The van der Waals surface area contributed by atoms with Gasteiger partial charge < -0.3 is 10.1 Å². The lowest BCUT2D eigenvalue weighted by Gasteiger charge is -2.52. The topological polar surface area (TPSA) is 38.3 Å². The molecule has 1 saturated carbocycles. The highest BCUT2D eigenvalue weighted by Gasteiger charge is 2.49. The predicted molar refractivity (Wildman–Crippen MR) is 92.1 cm³/mol. The fourth-order valence-corrected chi connectivity index (χ4v) is 4.53. The molecule has 1 N–H and O–H groups in total. The summed E-state index contributed by atoms with van der Waals surface area (Å²) in [5.74, 6) is 1.19. The molecule has 0 radical (unpaired) electrons. The van der Waals surface area contributed by atoms with Crippen molar-refractivity contribution in [2.45, 2.75) is 71.1 Å². The van der Waals surface area contributed by atoms with Crippen LogP contribution in [0, 0.1) is 18.8 Å². The minimum Gasteiger partial charge on any atom is -0.370 e. The molecule has 1 aromatic carbocycles. The summed E-state index contributed by atoms with van der Waals surface area (Å²) in [7, 11) is 0. The van der Waals surface area contributed by atoms with Gasteiger partial charge in [-0.25, -0.2) is 0 Å². The van der Waals surface area contributed by atoms with Crippen LogP contribution in [-0.2, 0) is 9.53 Å². The molecule has 1 saturated heterocycles. The molecule has 2 fully saturated rings. The molecular weight excluding hydrogens is 286 g/mol. The molecule has 0 aromatic heterocycles. The molecule has 1 heterocycles. The van der Waals surface area contributed by atoms with Crippen LogP contribution >= 0.6 is 0 Å². The van der Waals surface area contributed by atoms with Crippen molar-refractivity contribution in [3.63, 3.8) is 0 Å². The first-order valence-electron chi connectivity index (χ1n) is 8.88. The molecular formula is C20H29NO2. The summed E-state index contributed by atoms with van der Waals surface area (Å²) in [6.45, 7) is 8.25. The van der Waals surface area contributed by atoms with Gasteiger partial charge in [0, 0.05) is 24.8 Å². The Morgan fingerprint density at radius 1 is 1.26 bits per heavy atom. The smallest absolute Gasteiger partial charge is 0.217 e. The lowest BCUT2D eigenvalue weighted by atomic mass is 9.66. The van der Waals surface area contributed by atoms with Crippen molar-refractivity contribution in [2.75, 3.05) is 0 Å². The Balaban J connectivity index is 1.88. The Hall–Kier alpha value is -1.35. The van der Waals surface area contributed by atoms with Crippen molar-refractivity contribution in [3.8, 4) is 0 Å². The van der Waals surface area contributed by atoms with E-state index in [9.17, 15) is 4.79 Å². The van der Waals surface area contributed by atoms with Crippen LogP contribution in [-0.4, -0.2) is 17.6 Å². The van der Waals surface area contributed by atoms with Crippen LogP contribution in [0.2, 0.25) is 0 Å². The van der Waals surface area contributed by atoms with Gasteiger partial charge >= 0.3 is 0 Å². The Labute approximate surface area is 139 Å². The molecule has 1 unspecified atom stereocenters. The van der Waals surface area contributed by atoms with Crippen LogP contribution in [0.25, 0.3) is 0 Å². The monoisotopic (exact) mass is 315 g/mol. The largest absolute Gasteiger partial charge is 0.370 e. The number of rotatable bonds is 2. The summed E-state index contributed by atoms with van der Waals surface area (Å²) < 4.78 is 6.51. The van der Waals surface area contributed by atoms with Gasteiger partial charge in [0.05, 0.1) is 12.2 Å². The molecule has 2 aliphatic rings. The Bertz CT molecular complexity index is 568. The lowest BCUT2D eigenvalue weighted by Crippen LogP contribution is -2.60. The van der Waals surface area contributed by atoms with Crippen LogP contribution in [0.4, 0.5) is 0 Å². The molecule has 1 aliphatic heterocycles. The van der Waals surface area contributed by atoms with Gasteiger partial charge in [0.15, 0.2) is 0 Å². The van der Waals surface area contributed by atoms with Gasteiger partial charge in [-0.1, -0.05) is 43.2 Å². The fourth-order valence-electron chi connectivity index (χ4n) is 4.53. The highest BCUT2D eigenvalue weighted by Crippen LogP contribution is 2.47. The molecule has 3 heteroatoms. The van der Waals surface area contributed by atoms with Gasteiger partial charge in [0.25, 0.3) is 0 Å². The van der Waals surface area contributed by atoms with Crippen molar-refractivity contribution < 1.29 is 9.53 Å². The van der Waals surface area contributed by atoms with Gasteiger partial charge in [-0.05, 0) is 38.2 Å². The molecule has 5 atom stereocenters. The second-order valence-electron chi connectivity index (χ2n) is 7.90. The van der Waals surface area contributed by atoms with Crippen molar-refractivity contribution in [1.82, 2.24) is 5.32 Å². The maximum absolute atomic E-state index is 11.8. The highest BCUT2D eigenvalue weighted by molar-refractivity contribution is 5.73. The maximum Gasteiger partial charge on any atom is 0.217 e. The van der Waals surface area contributed by atoms with Gasteiger partial charge in [-0.3, -0.25) is 4.79 Å². The third-order valence-electron chi connectivity index (χ3n) is 5.73. The fraction of sp³-hybridized carbons (Fsp3) is 0.650. The quantitative estimate of drug-likeness (QED) is 0.890. The van der Waals surface area contributed by atoms with Crippen LogP contribution in [0.5, 0.6) is 0 Å². The van der Waals surface area contributed by atoms with Gasteiger partial charge in [0.1, 0.15) is 0 Å². The Morgan fingerprint density at radius 3 is 2.61 bits per heavy atom. The summed E-state index contributed by atoms with van der Waals surface area (Å²) in [4.78, 5) is 11.8. The number of aryl methyl sites for hydroxylation is 1. The second-order valence-corrected chi connectivity index (χ2v) is 7.90. The molecule has 23 heavy (non-hydrogen) atoms. The van der Waals surface area contributed by atoms with Crippen molar-refractivity contribution in [1.29, 1.82) is 0 Å². The Morgan fingerprint density at radius 2 is 1.96 bits per heavy atom. The summed E-state index contributed by atoms with van der Waals surface area (Å²) in [5.41, 5.74) is 2.31. The summed E-state index contributed by atoms with van der Waals surface area (Å²) in [5, 5.41) is 3.26. The second kappa shape index (κ2) is 6.27. The number of ether oxygens (including phenoxy) is 1. The molecule has 3 nitrogen and oxygen atoms in total. The van der Waals surface area contributed by atoms with E-state index in [4.69, 9.17) is 4.74 Å². The standard InChI is InChI=1S/C20H29NO2/c1-13-5-8-16(9-6-13)19-12-20(4,21-15(3)22)17-10-7-14(2)11-18(17)23-19/h5-6,8-9,14,17-19H,7,10-12H2,1-4H3,(H,21,22)/t14-,17-,18-,19?,20-/m1/s1. The molecule has 1 aromatic rings. The highest BCUT2D eigenvalue weighted by atomic mass is 16.5. The lowest BCUT2D eigenvalue weighted by molar-refractivity contribution is -0.153. The zero-order valence-electron chi connectivity index (χ0n) is 14.8. The van der Waals surface area contributed by atoms with E-state index in [1.807, 2.05) is 0 Å². The number of fused-ring (bicyclic) bond motifs is 1. The average molecular weight is 315 g/mol. The van der Waals surface area contributed by atoms with E-state index in [1.54, 1.807) is 6.92 Å². The van der Waals surface area contributed by atoms with E-state index in [0.717, 1.165) is 19.3 Å². The van der Waals surface area contributed by atoms with Crippen LogP contribution in [0.1, 0.15) is 63.7 Å². The van der Waals surface area contributed by atoms with Gasteiger partial charge in [-0.2, -0.15) is 0 Å². The average Bonchev–Trinajstić information content (AvgIpc) is 2.46. The van der Waals surface area contributed by atoms with Crippen molar-refractivity contribution >= 4 is 5.91 Å². The predicted octanol–water partition coefficient (Wildman–Crippen LogP) is 4.16. The van der Waals surface area contributed by atoms with Crippen molar-refractivity contribution in [2.24, 2.45) is 11.8 Å². The summed E-state index contributed by atoms with van der Waals surface area (Å²) in [6, 6.07) is 8.62. The SMILES string of the molecule is CC(=O)N[C@]1(C)CC(c2ccc(C)cc2)O[C@@H]2C[C@H](C)CC[C@H]21. The molecule has 1 amide bonds. The van der Waals surface area contributed by atoms with E-state index >= 15 is 0 Å². The number of nitrogens with one attached hydrogen (secondary N) is 1. The van der Waals surface area contributed by atoms with Crippen LogP contribution < -0.4 is 5.32 Å². The van der Waals surface area contributed by atoms with Crippen LogP contribution in [0.15, 0.2) is 24.3 Å². The molecule has 3 rings (SSSR count). The van der Waals surface area contributed by atoms with E-state index < -0.39 is 0 Å². The number of benzene rings is 1. The van der Waals surface area contributed by atoms with Gasteiger partial charge in [0.2, 0.25) is 5.91 Å². The first-order valence-corrected chi connectivity index (χ1v) is 8.88. The minimum atomic E-state index is -0.176. The zero-order chi connectivity index (χ0) is 16.6. The number of hydrogen-bond donors (Lipinski definition) is 1. The molecule has 126 valence electrons. The third kappa shape index (κ3) is 3.45. The van der Waals surface area contributed by atoms with E-state index in [0.29, 0.717) is 11.8 Å². The maximum atomic E-state index is 11.8. The molecule has 1 aliphatic carbocycles. The van der Waals surface area contributed by atoms with Gasteiger partial charge in [-0.15, -0.1) is 0 Å². The van der Waals surface area contributed by atoms with Crippen LogP contribution in [0.3, 0.4) is 0 Å². The number of amides is 1.